The van der Waals surface area contributed by atoms with Gasteiger partial charge in [0.15, 0.2) is 17.9 Å². The molecule has 0 radical (unpaired) electrons. The standard InChI is InChI=1S/C28H31N3O4/c1-21(32)30-24-14-9-17-29-28(24)31(18-10-20-35-26-16-7-8-19-34-26)25-15-6-5-13-23(25)27(33)22-11-3-2-4-12-22/h2-6,9,11-15,17,26H,7-8,10,16,18-20H2,1H3,(H,30,32). The van der Waals surface area contributed by atoms with E-state index in [0.717, 1.165) is 31.6 Å². The Morgan fingerprint density at radius 3 is 2.63 bits per heavy atom. The zero-order valence-corrected chi connectivity index (χ0v) is 20.0. The molecule has 182 valence electrons. The molecule has 0 aliphatic carbocycles. The van der Waals surface area contributed by atoms with Gasteiger partial charge in [0, 0.05) is 37.4 Å². The molecular weight excluding hydrogens is 442 g/mol. The molecule has 0 bridgehead atoms. The van der Waals surface area contributed by atoms with Crippen LogP contribution in [0.25, 0.3) is 0 Å². The van der Waals surface area contributed by atoms with Crippen LogP contribution in [0.1, 0.15) is 48.5 Å². The minimum Gasteiger partial charge on any atom is -0.353 e. The first-order chi connectivity index (χ1) is 17.1. The molecule has 7 nitrogen and oxygen atoms in total. The van der Waals surface area contributed by atoms with Gasteiger partial charge in [-0.05, 0) is 49.9 Å². The minimum atomic E-state index is -0.189. The van der Waals surface area contributed by atoms with Crippen molar-refractivity contribution in [1.29, 1.82) is 0 Å². The second-order valence-electron chi connectivity index (χ2n) is 8.44. The van der Waals surface area contributed by atoms with Gasteiger partial charge < -0.3 is 19.7 Å². The summed E-state index contributed by atoms with van der Waals surface area (Å²) in [7, 11) is 0. The Morgan fingerprint density at radius 1 is 1.06 bits per heavy atom. The summed E-state index contributed by atoms with van der Waals surface area (Å²) in [6.45, 7) is 3.25. The van der Waals surface area contributed by atoms with E-state index in [9.17, 15) is 9.59 Å². The van der Waals surface area contributed by atoms with Crippen molar-refractivity contribution in [3.8, 4) is 0 Å². The number of anilines is 3. The number of hydrogen-bond acceptors (Lipinski definition) is 6. The molecule has 2 heterocycles. The number of aromatic nitrogens is 1. The fraction of sp³-hybridized carbons (Fsp3) is 0.321. The Bertz CT molecular complexity index is 1130. The average molecular weight is 474 g/mol. The van der Waals surface area contributed by atoms with Crippen LogP contribution in [0.5, 0.6) is 0 Å². The molecule has 1 aliphatic heterocycles. The van der Waals surface area contributed by atoms with Gasteiger partial charge in [-0.2, -0.15) is 0 Å². The lowest BCUT2D eigenvalue weighted by atomic mass is 10.0. The van der Waals surface area contributed by atoms with E-state index in [0.29, 0.717) is 42.2 Å². The van der Waals surface area contributed by atoms with Crippen molar-refractivity contribution in [2.24, 2.45) is 0 Å². The summed E-state index contributed by atoms with van der Waals surface area (Å²) in [6.07, 6.45) is 5.30. The molecule has 1 aromatic heterocycles. The van der Waals surface area contributed by atoms with Crippen LogP contribution in [0.15, 0.2) is 72.9 Å². The van der Waals surface area contributed by atoms with E-state index in [-0.39, 0.29) is 18.0 Å². The number of carbonyl (C=O) groups is 2. The van der Waals surface area contributed by atoms with Gasteiger partial charge in [-0.15, -0.1) is 0 Å². The lowest BCUT2D eigenvalue weighted by Crippen LogP contribution is -2.27. The van der Waals surface area contributed by atoms with E-state index >= 15 is 0 Å². The molecule has 1 N–H and O–H groups in total. The summed E-state index contributed by atoms with van der Waals surface area (Å²) in [5.41, 5.74) is 2.48. The molecular formula is C28H31N3O4. The van der Waals surface area contributed by atoms with Crippen molar-refractivity contribution < 1.29 is 19.1 Å². The van der Waals surface area contributed by atoms with Crippen LogP contribution in [0.2, 0.25) is 0 Å². The molecule has 1 amide bonds. The monoisotopic (exact) mass is 473 g/mol. The number of ether oxygens (including phenoxy) is 2. The third kappa shape index (κ3) is 6.53. The Labute approximate surface area is 206 Å². The van der Waals surface area contributed by atoms with Gasteiger partial charge in [-0.1, -0.05) is 42.5 Å². The second kappa shape index (κ2) is 12.2. The lowest BCUT2D eigenvalue weighted by molar-refractivity contribution is -0.162. The average Bonchev–Trinajstić information content (AvgIpc) is 2.90. The molecule has 3 aromatic rings. The normalized spacial score (nSPS) is 15.4. The highest BCUT2D eigenvalue weighted by atomic mass is 16.7. The molecule has 2 aromatic carbocycles. The summed E-state index contributed by atoms with van der Waals surface area (Å²) in [5.74, 6) is 0.311. The van der Waals surface area contributed by atoms with Crippen molar-refractivity contribution in [1.82, 2.24) is 4.98 Å². The van der Waals surface area contributed by atoms with Crippen LogP contribution in [0.4, 0.5) is 17.2 Å². The molecule has 4 rings (SSSR count). The maximum absolute atomic E-state index is 13.4. The van der Waals surface area contributed by atoms with Crippen molar-refractivity contribution in [3.05, 3.63) is 84.1 Å². The van der Waals surface area contributed by atoms with Crippen molar-refractivity contribution in [2.45, 2.75) is 38.9 Å². The molecule has 35 heavy (non-hydrogen) atoms. The maximum Gasteiger partial charge on any atom is 0.221 e. The van der Waals surface area contributed by atoms with E-state index in [1.54, 1.807) is 12.3 Å². The fourth-order valence-electron chi connectivity index (χ4n) is 4.17. The quantitative estimate of drug-likeness (QED) is 0.316. The second-order valence-corrected chi connectivity index (χ2v) is 8.44. The first-order valence-corrected chi connectivity index (χ1v) is 12.1. The first-order valence-electron chi connectivity index (χ1n) is 12.1. The number of pyridine rings is 1. The fourth-order valence-corrected chi connectivity index (χ4v) is 4.17. The van der Waals surface area contributed by atoms with Gasteiger partial charge in [0.05, 0.1) is 18.0 Å². The SMILES string of the molecule is CC(=O)Nc1cccnc1N(CCCOC1CCCCO1)c1ccccc1C(=O)c1ccccc1. The number of nitrogens with one attached hydrogen (secondary N) is 1. The summed E-state index contributed by atoms with van der Waals surface area (Å²) < 4.78 is 11.6. The zero-order chi connectivity index (χ0) is 24.5. The summed E-state index contributed by atoms with van der Waals surface area (Å²) in [5, 5.41) is 2.87. The number of nitrogens with zero attached hydrogens (tertiary/aromatic N) is 2. The lowest BCUT2D eigenvalue weighted by Gasteiger charge is -2.28. The van der Waals surface area contributed by atoms with Crippen LogP contribution < -0.4 is 10.2 Å². The predicted molar refractivity (Wildman–Crippen MR) is 136 cm³/mol. The number of hydrogen-bond donors (Lipinski definition) is 1. The third-order valence-corrected chi connectivity index (χ3v) is 5.80. The van der Waals surface area contributed by atoms with Crippen LogP contribution in [-0.2, 0) is 14.3 Å². The smallest absolute Gasteiger partial charge is 0.221 e. The van der Waals surface area contributed by atoms with Crippen LogP contribution in [-0.4, -0.2) is 42.7 Å². The van der Waals surface area contributed by atoms with Crippen molar-refractivity contribution >= 4 is 28.9 Å². The van der Waals surface area contributed by atoms with Crippen LogP contribution in [0.3, 0.4) is 0 Å². The Hall–Kier alpha value is -3.55. The van der Waals surface area contributed by atoms with E-state index < -0.39 is 0 Å². The van der Waals surface area contributed by atoms with E-state index in [1.165, 1.54) is 6.92 Å². The Balaban J connectivity index is 1.63. The topological polar surface area (TPSA) is 80.8 Å². The number of rotatable bonds is 10. The summed E-state index contributed by atoms with van der Waals surface area (Å²) in [4.78, 5) is 31.9. The molecule has 0 saturated carbocycles. The van der Waals surface area contributed by atoms with Gasteiger partial charge in [0.2, 0.25) is 5.91 Å². The molecule has 0 spiro atoms. The van der Waals surface area contributed by atoms with Gasteiger partial charge in [-0.25, -0.2) is 4.98 Å². The van der Waals surface area contributed by atoms with Gasteiger partial charge in [0.1, 0.15) is 0 Å². The van der Waals surface area contributed by atoms with Crippen molar-refractivity contribution in [3.63, 3.8) is 0 Å². The maximum atomic E-state index is 13.4. The van der Waals surface area contributed by atoms with Gasteiger partial charge in [-0.3, -0.25) is 9.59 Å². The van der Waals surface area contributed by atoms with E-state index in [2.05, 4.69) is 10.3 Å². The number of benzene rings is 2. The molecule has 1 aliphatic rings. The third-order valence-electron chi connectivity index (χ3n) is 5.80. The highest BCUT2D eigenvalue weighted by molar-refractivity contribution is 6.13. The molecule has 1 saturated heterocycles. The van der Waals surface area contributed by atoms with E-state index in [1.807, 2.05) is 65.6 Å². The highest BCUT2D eigenvalue weighted by Gasteiger charge is 2.22. The number of amides is 1. The Morgan fingerprint density at radius 2 is 1.86 bits per heavy atom. The number of carbonyl (C=O) groups excluding carboxylic acids is 2. The van der Waals surface area contributed by atoms with Crippen molar-refractivity contribution in [2.75, 3.05) is 30.0 Å². The van der Waals surface area contributed by atoms with E-state index in [4.69, 9.17) is 9.47 Å². The highest BCUT2D eigenvalue weighted by Crippen LogP contribution is 2.33. The number of para-hydroxylation sites is 1. The number of ketones is 1. The molecule has 1 fully saturated rings. The van der Waals surface area contributed by atoms with Gasteiger partial charge in [0.25, 0.3) is 0 Å². The van der Waals surface area contributed by atoms with Crippen LogP contribution >= 0.6 is 0 Å². The zero-order valence-electron chi connectivity index (χ0n) is 20.0. The predicted octanol–water partition coefficient (Wildman–Crippen LogP) is 5.34. The Kier molecular flexibility index (Phi) is 8.59. The molecule has 1 unspecified atom stereocenters. The molecule has 1 atom stereocenters. The summed E-state index contributed by atoms with van der Waals surface area (Å²) >= 11 is 0. The van der Waals surface area contributed by atoms with Crippen LogP contribution in [0, 0.1) is 0 Å². The largest absolute Gasteiger partial charge is 0.353 e. The minimum absolute atomic E-state index is 0.0740. The first kappa shape index (κ1) is 24.6. The molecule has 7 heteroatoms. The summed E-state index contributed by atoms with van der Waals surface area (Å²) in [6, 6.07) is 20.3. The van der Waals surface area contributed by atoms with Gasteiger partial charge >= 0.3 is 0 Å².